The molecular weight excluding hydrogens is 244 g/mol. The van der Waals surface area contributed by atoms with E-state index in [9.17, 15) is 9.18 Å². The van der Waals surface area contributed by atoms with E-state index in [-0.39, 0.29) is 29.4 Å². The summed E-state index contributed by atoms with van der Waals surface area (Å²) in [5.74, 6) is -1.77. The Morgan fingerprint density at radius 2 is 2.20 bits per heavy atom. The summed E-state index contributed by atoms with van der Waals surface area (Å²) < 4.78 is 13.2. The average Bonchev–Trinajstić information content (AvgIpc) is 2.12. The van der Waals surface area contributed by atoms with E-state index in [4.69, 9.17) is 22.4 Å². The highest BCUT2D eigenvalue weighted by Crippen LogP contribution is 2.18. The van der Waals surface area contributed by atoms with Gasteiger partial charge in [0.05, 0.1) is 5.02 Å². The van der Waals surface area contributed by atoms with E-state index in [1.165, 1.54) is 12.1 Å². The van der Waals surface area contributed by atoms with E-state index < -0.39 is 17.8 Å². The van der Waals surface area contributed by atoms with Gasteiger partial charge in [0.1, 0.15) is 11.9 Å². The van der Waals surface area contributed by atoms with Crippen molar-refractivity contribution in [2.24, 2.45) is 5.73 Å². The molecule has 84 valence electrons. The van der Waals surface area contributed by atoms with Crippen LogP contribution in [0.4, 0.5) is 4.39 Å². The summed E-state index contributed by atoms with van der Waals surface area (Å²) in [7, 11) is 0. The SMILES string of the molecule is Cl.N[C@H](Cc1cccc(Cl)c1F)C(=O)O. The summed E-state index contributed by atoms with van der Waals surface area (Å²) in [5.41, 5.74) is 5.47. The van der Waals surface area contributed by atoms with Gasteiger partial charge in [0, 0.05) is 6.42 Å². The number of carbonyl (C=O) groups is 1. The molecule has 1 aromatic carbocycles. The second-order valence-corrected chi connectivity index (χ2v) is 3.27. The number of hydrogen-bond acceptors (Lipinski definition) is 2. The van der Waals surface area contributed by atoms with Crippen molar-refractivity contribution in [3.63, 3.8) is 0 Å². The predicted octanol–water partition coefficient (Wildman–Crippen LogP) is 1.86. The smallest absolute Gasteiger partial charge is 0.320 e. The van der Waals surface area contributed by atoms with Crippen LogP contribution in [0.3, 0.4) is 0 Å². The molecule has 0 aliphatic heterocycles. The highest BCUT2D eigenvalue weighted by atomic mass is 35.5. The number of hydrogen-bond donors (Lipinski definition) is 2. The summed E-state index contributed by atoms with van der Waals surface area (Å²) in [4.78, 5) is 10.4. The van der Waals surface area contributed by atoms with Crippen LogP contribution in [-0.2, 0) is 11.2 Å². The van der Waals surface area contributed by atoms with Crippen LogP contribution in [0.25, 0.3) is 0 Å². The lowest BCUT2D eigenvalue weighted by Crippen LogP contribution is -2.32. The lowest BCUT2D eigenvalue weighted by atomic mass is 10.1. The summed E-state index contributed by atoms with van der Waals surface area (Å²) >= 11 is 5.51. The van der Waals surface area contributed by atoms with Gasteiger partial charge in [-0.15, -0.1) is 12.4 Å². The molecule has 0 aliphatic carbocycles. The summed E-state index contributed by atoms with van der Waals surface area (Å²) in [5, 5.41) is 8.50. The quantitative estimate of drug-likeness (QED) is 0.865. The zero-order valence-corrected chi connectivity index (χ0v) is 9.19. The Morgan fingerprint density at radius 3 is 2.73 bits per heavy atom. The fourth-order valence-corrected chi connectivity index (χ4v) is 1.22. The first-order chi connectivity index (χ1) is 6.52. The van der Waals surface area contributed by atoms with Crippen molar-refractivity contribution in [3.8, 4) is 0 Å². The molecule has 0 aliphatic rings. The van der Waals surface area contributed by atoms with Crippen LogP contribution in [0.5, 0.6) is 0 Å². The van der Waals surface area contributed by atoms with Crippen LogP contribution < -0.4 is 5.73 Å². The van der Waals surface area contributed by atoms with Crippen molar-refractivity contribution in [1.29, 1.82) is 0 Å². The molecule has 0 heterocycles. The van der Waals surface area contributed by atoms with Gasteiger partial charge in [-0.25, -0.2) is 4.39 Å². The number of carboxylic acids is 1. The minimum absolute atomic E-state index is 0. The number of carboxylic acid groups (broad SMARTS) is 1. The number of rotatable bonds is 3. The van der Waals surface area contributed by atoms with Crippen LogP contribution in [0.2, 0.25) is 5.02 Å². The molecule has 0 bridgehead atoms. The third-order valence-corrected chi connectivity index (χ3v) is 2.08. The van der Waals surface area contributed by atoms with Gasteiger partial charge in [-0.1, -0.05) is 23.7 Å². The second kappa shape index (κ2) is 5.90. The largest absolute Gasteiger partial charge is 0.480 e. The van der Waals surface area contributed by atoms with Gasteiger partial charge >= 0.3 is 5.97 Å². The molecule has 0 aromatic heterocycles. The number of halogens is 3. The van der Waals surface area contributed by atoms with E-state index in [1.807, 2.05) is 0 Å². The Labute approximate surface area is 97.4 Å². The molecule has 1 aromatic rings. The van der Waals surface area contributed by atoms with Crippen molar-refractivity contribution in [3.05, 3.63) is 34.6 Å². The van der Waals surface area contributed by atoms with Crippen molar-refractivity contribution in [1.82, 2.24) is 0 Å². The lowest BCUT2D eigenvalue weighted by Gasteiger charge is -2.07. The molecule has 0 radical (unpaired) electrons. The number of benzene rings is 1. The molecule has 3 N–H and O–H groups in total. The molecule has 0 saturated carbocycles. The fourth-order valence-electron chi connectivity index (χ4n) is 1.03. The van der Waals surface area contributed by atoms with Crippen LogP contribution in [-0.4, -0.2) is 17.1 Å². The maximum Gasteiger partial charge on any atom is 0.320 e. The first kappa shape index (κ1) is 14.2. The Balaban J connectivity index is 0.00000196. The molecule has 1 rings (SSSR count). The molecule has 0 unspecified atom stereocenters. The number of aliphatic carboxylic acids is 1. The molecule has 15 heavy (non-hydrogen) atoms. The van der Waals surface area contributed by atoms with E-state index in [2.05, 4.69) is 0 Å². The van der Waals surface area contributed by atoms with E-state index in [0.717, 1.165) is 0 Å². The van der Waals surface area contributed by atoms with Crippen LogP contribution in [0, 0.1) is 5.82 Å². The molecule has 1 atom stereocenters. The Morgan fingerprint density at radius 1 is 1.60 bits per heavy atom. The maximum absolute atomic E-state index is 13.2. The highest BCUT2D eigenvalue weighted by molar-refractivity contribution is 6.30. The maximum atomic E-state index is 13.2. The van der Waals surface area contributed by atoms with Gasteiger partial charge < -0.3 is 10.8 Å². The van der Waals surface area contributed by atoms with Crippen LogP contribution in [0.15, 0.2) is 18.2 Å². The van der Waals surface area contributed by atoms with Gasteiger partial charge in [-0.05, 0) is 11.6 Å². The molecule has 6 heteroatoms. The molecule has 0 spiro atoms. The van der Waals surface area contributed by atoms with Gasteiger partial charge in [-0.3, -0.25) is 4.79 Å². The fraction of sp³-hybridized carbons (Fsp3) is 0.222. The molecule has 3 nitrogen and oxygen atoms in total. The van der Waals surface area contributed by atoms with Gasteiger partial charge in [-0.2, -0.15) is 0 Å². The van der Waals surface area contributed by atoms with Gasteiger partial charge in [0.15, 0.2) is 0 Å². The standard InChI is InChI=1S/C9H9ClFNO2.ClH/c10-6-3-1-2-5(8(6)11)4-7(12)9(13)14;/h1-3,7H,4,12H2,(H,13,14);1H/t7-;/m1./s1. The molecular formula is C9H10Cl2FNO2. The van der Waals surface area contributed by atoms with Crippen molar-refractivity contribution < 1.29 is 14.3 Å². The predicted molar refractivity (Wildman–Crippen MR) is 58.0 cm³/mol. The third-order valence-electron chi connectivity index (χ3n) is 1.79. The van der Waals surface area contributed by atoms with Gasteiger partial charge in [0.25, 0.3) is 0 Å². The normalized spacial score (nSPS) is 11.7. The minimum Gasteiger partial charge on any atom is -0.480 e. The average molecular weight is 254 g/mol. The second-order valence-electron chi connectivity index (χ2n) is 2.86. The molecule has 0 saturated heterocycles. The van der Waals surface area contributed by atoms with Gasteiger partial charge in [0.2, 0.25) is 0 Å². The first-order valence-corrected chi connectivity index (χ1v) is 4.31. The van der Waals surface area contributed by atoms with E-state index in [1.54, 1.807) is 6.07 Å². The first-order valence-electron chi connectivity index (χ1n) is 3.93. The van der Waals surface area contributed by atoms with Crippen molar-refractivity contribution in [2.45, 2.75) is 12.5 Å². The lowest BCUT2D eigenvalue weighted by molar-refractivity contribution is -0.138. The Kier molecular flexibility index (Phi) is 5.57. The summed E-state index contributed by atoms with van der Waals surface area (Å²) in [6.07, 6.45) is -0.0677. The third kappa shape index (κ3) is 3.66. The zero-order valence-electron chi connectivity index (χ0n) is 7.61. The topological polar surface area (TPSA) is 63.3 Å². The minimum atomic E-state index is -1.16. The molecule has 0 fully saturated rings. The summed E-state index contributed by atoms with van der Waals surface area (Å²) in [6, 6.07) is 3.30. The van der Waals surface area contributed by atoms with Crippen LogP contribution >= 0.6 is 24.0 Å². The zero-order chi connectivity index (χ0) is 10.7. The number of nitrogens with two attached hydrogens (primary N) is 1. The highest BCUT2D eigenvalue weighted by Gasteiger charge is 2.15. The van der Waals surface area contributed by atoms with Crippen LogP contribution in [0.1, 0.15) is 5.56 Å². The Hall–Kier alpha value is -0.840. The monoisotopic (exact) mass is 253 g/mol. The summed E-state index contributed by atoms with van der Waals surface area (Å²) in [6.45, 7) is 0. The van der Waals surface area contributed by atoms with E-state index in [0.29, 0.717) is 0 Å². The van der Waals surface area contributed by atoms with Crippen molar-refractivity contribution in [2.75, 3.05) is 0 Å². The van der Waals surface area contributed by atoms with Crippen molar-refractivity contribution >= 4 is 30.0 Å². The van der Waals surface area contributed by atoms with E-state index >= 15 is 0 Å². The Bertz CT molecular complexity index is 360. The molecule has 0 amide bonds.